The lowest BCUT2D eigenvalue weighted by atomic mass is 9.92. The molecule has 22 heavy (non-hydrogen) atoms. The maximum absolute atomic E-state index is 5.88. The van der Waals surface area contributed by atoms with Crippen molar-refractivity contribution < 1.29 is 4.74 Å². The van der Waals surface area contributed by atoms with Gasteiger partial charge in [-0.3, -0.25) is 0 Å². The molecule has 0 N–H and O–H groups in total. The number of benzene rings is 1. The molecule has 0 aliphatic carbocycles. The summed E-state index contributed by atoms with van der Waals surface area (Å²) in [5.74, 6) is 1.70. The van der Waals surface area contributed by atoms with Crippen LogP contribution in [0.2, 0.25) is 5.02 Å². The van der Waals surface area contributed by atoms with Crippen LogP contribution in [0, 0.1) is 11.8 Å². The first-order chi connectivity index (χ1) is 10.6. The quantitative estimate of drug-likeness (QED) is 0.645. The summed E-state index contributed by atoms with van der Waals surface area (Å²) in [4.78, 5) is 2.61. The van der Waals surface area contributed by atoms with Crippen LogP contribution in [0.3, 0.4) is 0 Å². The Labute approximate surface area is 140 Å². The van der Waals surface area contributed by atoms with Crippen LogP contribution in [0.5, 0.6) is 0 Å². The van der Waals surface area contributed by atoms with E-state index in [1.54, 1.807) is 0 Å². The zero-order valence-corrected chi connectivity index (χ0v) is 14.8. The summed E-state index contributed by atoms with van der Waals surface area (Å²) in [5, 5.41) is 0.807. The molecule has 1 fully saturated rings. The van der Waals surface area contributed by atoms with Gasteiger partial charge in [-0.2, -0.15) is 0 Å². The largest absolute Gasteiger partial charge is 0.381 e. The van der Waals surface area contributed by atoms with Gasteiger partial charge in [-0.25, -0.2) is 0 Å². The van der Waals surface area contributed by atoms with Crippen LogP contribution >= 0.6 is 11.6 Å². The third kappa shape index (κ3) is 6.68. The average molecular weight is 324 g/mol. The van der Waals surface area contributed by atoms with Gasteiger partial charge in [-0.15, -0.1) is 0 Å². The van der Waals surface area contributed by atoms with Gasteiger partial charge in [0.25, 0.3) is 0 Å². The Bertz CT molecular complexity index is 410. The second-order valence-corrected chi connectivity index (χ2v) is 7.34. The standard InChI is InChI=1S/C19H30ClNO/c1-16-13-17(2)15-21(14-16)10-4-12-22-11-3-5-18-6-8-19(20)9-7-18/h6-9,16-17H,3-5,10-15H2,1-2H3. The van der Waals surface area contributed by atoms with E-state index in [4.69, 9.17) is 16.3 Å². The number of nitrogens with zero attached hydrogens (tertiary/aromatic N) is 1. The van der Waals surface area contributed by atoms with Gasteiger partial charge in [0.15, 0.2) is 0 Å². The minimum Gasteiger partial charge on any atom is -0.381 e. The second-order valence-electron chi connectivity index (χ2n) is 6.90. The van der Waals surface area contributed by atoms with Crippen molar-refractivity contribution >= 4 is 11.6 Å². The van der Waals surface area contributed by atoms with Crippen LogP contribution < -0.4 is 0 Å². The fourth-order valence-corrected chi connectivity index (χ4v) is 3.62. The Morgan fingerprint density at radius 1 is 1.05 bits per heavy atom. The lowest BCUT2D eigenvalue weighted by Gasteiger charge is -2.34. The van der Waals surface area contributed by atoms with Crippen LogP contribution in [0.1, 0.15) is 38.7 Å². The first-order valence-electron chi connectivity index (χ1n) is 8.68. The molecule has 124 valence electrons. The molecule has 3 heteroatoms. The first-order valence-corrected chi connectivity index (χ1v) is 9.06. The van der Waals surface area contributed by atoms with Crippen molar-refractivity contribution in [3.05, 3.63) is 34.9 Å². The van der Waals surface area contributed by atoms with Crippen LogP contribution in [-0.4, -0.2) is 37.7 Å². The lowest BCUT2D eigenvalue weighted by Crippen LogP contribution is -2.39. The minimum absolute atomic E-state index is 0.807. The summed E-state index contributed by atoms with van der Waals surface area (Å²) in [6.07, 6.45) is 4.69. The van der Waals surface area contributed by atoms with E-state index in [2.05, 4.69) is 30.9 Å². The van der Waals surface area contributed by atoms with Gasteiger partial charge in [-0.1, -0.05) is 37.6 Å². The van der Waals surface area contributed by atoms with Crippen molar-refractivity contribution in [2.75, 3.05) is 32.8 Å². The molecule has 0 aromatic heterocycles. The molecule has 0 bridgehead atoms. The molecule has 1 aromatic rings. The van der Waals surface area contributed by atoms with Gasteiger partial charge in [0.05, 0.1) is 0 Å². The van der Waals surface area contributed by atoms with Gasteiger partial charge in [0, 0.05) is 37.9 Å². The SMILES string of the molecule is CC1CC(C)CN(CCCOCCCc2ccc(Cl)cc2)C1. The Morgan fingerprint density at radius 3 is 2.36 bits per heavy atom. The molecule has 2 unspecified atom stereocenters. The molecule has 0 radical (unpaired) electrons. The number of hydrogen-bond donors (Lipinski definition) is 0. The first kappa shape index (κ1) is 17.8. The molecular formula is C19H30ClNO. The van der Waals surface area contributed by atoms with Gasteiger partial charge in [0.1, 0.15) is 0 Å². The summed E-state index contributed by atoms with van der Waals surface area (Å²) >= 11 is 5.88. The lowest BCUT2D eigenvalue weighted by molar-refractivity contribution is 0.0980. The number of likely N-dealkylation sites (tertiary alicyclic amines) is 1. The smallest absolute Gasteiger partial charge is 0.0478 e. The maximum atomic E-state index is 5.88. The van der Waals surface area contributed by atoms with E-state index in [1.165, 1.54) is 31.6 Å². The van der Waals surface area contributed by atoms with Gasteiger partial charge >= 0.3 is 0 Å². The average Bonchev–Trinajstić information content (AvgIpc) is 2.47. The minimum atomic E-state index is 0.807. The molecular weight excluding hydrogens is 294 g/mol. The zero-order chi connectivity index (χ0) is 15.8. The summed E-state index contributed by atoms with van der Waals surface area (Å²) in [7, 11) is 0. The fourth-order valence-electron chi connectivity index (χ4n) is 3.50. The second kappa shape index (κ2) is 9.54. The van der Waals surface area contributed by atoms with Crippen molar-refractivity contribution in [3.8, 4) is 0 Å². The molecule has 1 aliphatic heterocycles. The van der Waals surface area contributed by atoms with Crippen molar-refractivity contribution in [2.24, 2.45) is 11.8 Å². The van der Waals surface area contributed by atoms with E-state index in [0.717, 1.165) is 49.3 Å². The molecule has 1 heterocycles. The highest BCUT2D eigenvalue weighted by molar-refractivity contribution is 6.30. The molecule has 2 nitrogen and oxygen atoms in total. The highest BCUT2D eigenvalue weighted by Crippen LogP contribution is 2.20. The number of ether oxygens (including phenoxy) is 1. The van der Waals surface area contributed by atoms with Crippen molar-refractivity contribution in [2.45, 2.75) is 39.5 Å². The molecule has 1 saturated heterocycles. The molecule has 0 saturated carbocycles. The third-order valence-corrected chi connectivity index (χ3v) is 4.63. The summed E-state index contributed by atoms with van der Waals surface area (Å²) in [6.45, 7) is 10.2. The summed E-state index contributed by atoms with van der Waals surface area (Å²) < 4.78 is 5.77. The van der Waals surface area contributed by atoms with E-state index >= 15 is 0 Å². The Kier molecular flexibility index (Phi) is 7.71. The van der Waals surface area contributed by atoms with E-state index in [-0.39, 0.29) is 0 Å². The monoisotopic (exact) mass is 323 g/mol. The van der Waals surface area contributed by atoms with Crippen molar-refractivity contribution in [1.82, 2.24) is 4.90 Å². The Morgan fingerprint density at radius 2 is 1.68 bits per heavy atom. The molecule has 2 atom stereocenters. The van der Waals surface area contributed by atoms with Gasteiger partial charge in [0.2, 0.25) is 0 Å². The molecule has 0 amide bonds. The third-order valence-electron chi connectivity index (χ3n) is 4.37. The molecule has 0 spiro atoms. The van der Waals surface area contributed by atoms with Gasteiger partial charge in [-0.05, 0) is 55.2 Å². The predicted octanol–water partition coefficient (Wildman–Crippen LogP) is 4.66. The highest BCUT2D eigenvalue weighted by atomic mass is 35.5. The van der Waals surface area contributed by atoms with Crippen molar-refractivity contribution in [3.63, 3.8) is 0 Å². The summed E-state index contributed by atoms with van der Waals surface area (Å²) in [5.41, 5.74) is 1.34. The van der Waals surface area contributed by atoms with Crippen molar-refractivity contribution in [1.29, 1.82) is 0 Å². The number of halogens is 1. The van der Waals surface area contributed by atoms with E-state index in [9.17, 15) is 0 Å². The zero-order valence-electron chi connectivity index (χ0n) is 14.1. The number of hydrogen-bond acceptors (Lipinski definition) is 2. The maximum Gasteiger partial charge on any atom is 0.0478 e. The highest BCUT2D eigenvalue weighted by Gasteiger charge is 2.20. The van der Waals surface area contributed by atoms with E-state index in [0.29, 0.717) is 0 Å². The van der Waals surface area contributed by atoms with Crippen LogP contribution in [0.4, 0.5) is 0 Å². The fraction of sp³-hybridized carbons (Fsp3) is 0.684. The Hall–Kier alpha value is -0.570. The molecule has 2 rings (SSSR count). The van der Waals surface area contributed by atoms with Crippen LogP contribution in [-0.2, 0) is 11.2 Å². The topological polar surface area (TPSA) is 12.5 Å². The van der Waals surface area contributed by atoms with E-state index < -0.39 is 0 Å². The number of aryl methyl sites for hydroxylation is 1. The molecule has 1 aromatic carbocycles. The van der Waals surface area contributed by atoms with E-state index in [1.807, 2.05) is 12.1 Å². The van der Waals surface area contributed by atoms with Crippen LogP contribution in [0.15, 0.2) is 24.3 Å². The van der Waals surface area contributed by atoms with Crippen LogP contribution in [0.25, 0.3) is 0 Å². The number of rotatable bonds is 8. The number of piperidine rings is 1. The predicted molar refractivity (Wildman–Crippen MR) is 94.6 cm³/mol. The normalized spacial score (nSPS) is 22.9. The Balaban J connectivity index is 1.48. The summed E-state index contributed by atoms with van der Waals surface area (Å²) in [6, 6.07) is 8.11. The van der Waals surface area contributed by atoms with Gasteiger partial charge < -0.3 is 9.64 Å². The molecule has 1 aliphatic rings.